The SMILES string of the molecule is Cc1cc(C)nc(NC(=O)CCC(=O)c2ccc(C)c(C)c2)n1. The van der Waals surface area contributed by atoms with E-state index in [-0.39, 0.29) is 30.5 Å². The summed E-state index contributed by atoms with van der Waals surface area (Å²) in [5.41, 5.74) is 4.44. The number of amides is 1. The summed E-state index contributed by atoms with van der Waals surface area (Å²) in [7, 11) is 0. The first-order chi connectivity index (χ1) is 10.8. The fourth-order valence-electron chi connectivity index (χ4n) is 2.26. The molecule has 5 nitrogen and oxygen atoms in total. The quantitative estimate of drug-likeness (QED) is 0.860. The number of ketones is 1. The molecule has 0 spiro atoms. The molecule has 0 aliphatic carbocycles. The minimum Gasteiger partial charge on any atom is -0.295 e. The van der Waals surface area contributed by atoms with Gasteiger partial charge < -0.3 is 0 Å². The third kappa shape index (κ3) is 4.71. The minimum atomic E-state index is -0.257. The summed E-state index contributed by atoms with van der Waals surface area (Å²) in [5, 5.41) is 2.64. The van der Waals surface area contributed by atoms with E-state index in [1.807, 2.05) is 45.9 Å². The molecule has 2 aromatic rings. The zero-order valence-corrected chi connectivity index (χ0v) is 13.9. The van der Waals surface area contributed by atoms with Gasteiger partial charge in [0.2, 0.25) is 11.9 Å². The first kappa shape index (κ1) is 16.8. The van der Waals surface area contributed by atoms with Crippen LogP contribution in [0.25, 0.3) is 0 Å². The van der Waals surface area contributed by atoms with Gasteiger partial charge in [-0.3, -0.25) is 14.9 Å². The summed E-state index contributed by atoms with van der Waals surface area (Å²) >= 11 is 0. The molecule has 1 amide bonds. The maximum atomic E-state index is 12.2. The van der Waals surface area contributed by atoms with Crippen LogP contribution in [0.5, 0.6) is 0 Å². The van der Waals surface area contributed by atoms with Crippen LogP contribution in [-0.4, -0.2) is 21.7 Å². The highest BCUT2D eigenvalue weighted by Crippen LogP contribution is 2.13. The van der Waals surface area contributed by atoms with Crippen molar-refractivity contribution in [2.75, 3.05) is 5.32 Å². The number of carbonyl (C=O) groups is 2. The zero-order chi connectivity index (χ0) is 17.0. The summed E-state index contributed by atoms with van der Waals surface area (Å²) in [4.78, 5) is 32.4. The molecule has 0 radical (unpaired) electrons. The Morgan fingerprint density at radius 2 is 1.57 bits per heavy atom. The highest BCUT2D eigenvalue weighted by molar-refractivity contribution is 5.99. The maximum absolute atomic E-state index is 12.2. The van der Waals surface area contributed by atoms with Crippen molar-refractivity contribution >= 4 is 17.6 Å². The molecular weight excluding hydrogens is 290 g/mol. The average molecular weight is 311 g/mol. The maximum Gasteiger partial charge on any atom is 0.229 e. The molecule has 120 valence electrons. The lowest BCUT2D eigenvalue weighted by molar-refractivity contribution is -0.116. The summed E-state index contributed by atoms with van der Waals surface area (Å²) in [6.45, 7) is 7.65. The number of Topliss-reactive ketones (excluding diaryl/α,β-unsaturated/α-hetero) is 1. The van der Waals surface area contributed by atoms with Crippen molar-refractivity contribution in [3.05, 3.63) is 52.3 Å². The van der Waals surface area contributed by atoms with E-state index in [4.69, 9.17) is 0 Å². The molecule has 0 unspecified atom stereocenters. The lowest BCUT2D eigenvalue weighted by atomic mass is 10.0. The lowest BCUT2D eigenvalue weighted by Gasteiger charge is -2.06. The van der Waals surface area contributed by atoms with Crippen molar-refractivity contribution in [1.82, 2.24) is 9.97 Å². The van der Waals surface area contributed by atoms with Crippen LogP contribution in [0.3, 0.4) is 0 Å². The van der Waals surface area contributed by atoms with Gasteiger partial charge in [-0.05, 0) is 51.0 Å². The third-order valence-electron chi connectivity index (χ3n) is 3.64. The second kappa shape index (κ2) is 7.13. The number of hydrogen-bond acceptors (Lipinski definition) is 4. The van der Waals surface area contributed by atoms with E-state index in [1.165, 1.54) is 0 Å². The summed E-state index contributed by atoms with van der Waals surface area (Å²) in [6, 6.07) is 7.42. The smallest absolute Gasteiger partial charge is 0.229 e. The van der Waals surface area contributed by atoms with Gasteiger partial charge in [-0.1, -0.05) is 12.1 Å². The van der Waals surface area contributed by atoms with Crippen molar-refractivity contribution in [3.8, 4) is 0 Å². The first-order valence-corrected chi connectivity index (χ1v) is 7.58. The largest absolute Gasteiger partial charge is 0.295 e. The first-order valence-electron chi connectivity index (χ1n) is 7.58. The molecule has 23 heavy (non-hydrogen) atoms. The fourth-order valence-corrected chi connectivity index (χ4v) is 2.26. The van der Waals surface area contributed by atoms with E-state index in [2.05, 4.69) is 15.3 Å². The molecule has 0 aliphatic rings. The van der Waals surface area contributed by atoms with E-state index in [1.54, 1.807) is 6.07 Å². The van der Waals surface area contributed by atoms with Crippen LogP contribution in [0.15, 0.2) is 24.3 Å². The van der Waals surface area contributed by atoms with Crippen LogP contribution in [0.2, 0.25) is 0 Å². The van der Waals surface area contributed by atoms with E-state index in [0.29, 0.717) is 5.56 Å². The average Bonchev–Trinajstić information content (AvgIpc) is 2.46. The van der Waals surface area contributed by atoms with Gasteiger partial charge in [0.25, 0.3) is 0 Å². The van der Waals surface area contributed by atoms with E-state index < -0.39 is 0 Å². The van der Waals surface area contributed by atoms with Crippen LogP contribution in [0.1, 0.15) is 45.7 Å². The summed E-state index contributed by atoms with van der Waals surface area (Å²) in [5.74, 6) is -0.0112. The van der Waals surface area contributed by atoms with Crippen LogP contribution in [0, 0.1) is 27.7 Å². The van der Waals surface area contributed by atoms with Gasteiger partial charge in [-0.25, -0.2) is 9.97 Å². The number of rotatable bonds is 5. The molecule has 5 heteroatoms. The highest BCUT2D eigenvalue weighted by Gasteiger charge is 2.11. The number of aryl methyl sites for hydroxylation is 4. The second-order valence-corrected chi connectivity index (χ2v) is 5.74. The van der Waals surface area contributed by atoms with Crippen molar-refractivity contribution in [1.29, 1.82) is 0 Å². The summed E-state index contributed by atoms with van der Waals surface area (Å²) < 4.78 is 0. The lowest BCUT2D eigenvalue weighted by Crippen LogP contribution is -2.16. The van der Waals surface area contributed by atoms with Gasteiger partial charge in [0, 0.05) is 29.8 Å². The Bertz CT molecular complexity index is 734. The topological polar surface area (TPSA) is 72.0 Å². The molecule has 1 aromatic heterocycles. The predicted molar refractivity (Wildman–Crippen MR) is 89.6 cm³/mol. The molecule has 0 saturated heterocycles. The van der Waals surface area contributed by atoms with Crippen LogP contribution >= 0.6 is 0 Å². The molecule has 0 fully saturated rings. The number of benzene rings is 1. The molecular formula is C18H21N3O2. The molecule has 2 rings (SSSR count). The van der Waals surface area contributed by atoms with Gasteiger partial charge in [-0.15, -0.1) is 0 Å². The Hall–Kier alpha value is -2.56. The number of hydrogen-bond donors (Lipinski definition) is 1. The van der Waals surface area contributed by atoms with Crippen LogP contribution in [-0.2, 0) is 4.79 Å². The molecule has 0 saturated carbocycles. The number of nitrogens with one attached hydrogen (secondary N) is 1. The molecule has 0 atom stereocenters. The van der Waals surface area contributed by atoms with Gasteiger partial charge in [-0.2, -0.15) is 0 Å². The second-order valence-electron chi connectivity index (χ2n) is 5.74. The van der Waals surface area contributed by atoms with Gasteiger partial charge in [0.15, 0.2) is 5.78 Å². The Balaban J connectivity index is 1.93. The van der Waals surface area contributed by atoms with E-state index >= 15 is 0 Å². The van der Waals surface area contributed by atoms with Crippen molar-refractivity contribution in [2.45, 2.75) is 40.5 Å². The van der Waals surface area contributed by atoms with Crippen molar-refractivity contribution in [2.24, 2.45) is 0 Å². The zero-order valence-electron chi connectivity index (χ0n) is 13.9. The molecule has 1 heterocycles. The molecule has 1 N–H and O–H groups in total. The number of carbonyl (C=O) groups excluding carboxylic acids is 2. The third-order valence-corrected chi connectivity index (χ3v) is 3.64. The van der Waals surface area contributed by atoms with Crippen molar-refractivity contribution < 1.29 is 9.59 Å². The minimum absolute atomic E-state index is 0.0374. The molecule has 1 aromatic carbocycles. The predicted octanol–water partition coefficient (Wildman–Crippen LogP) is 3.31. The number of anilines is 1. The summed E-state index contributed by atoms with van der Waals surface area (Å²) in [6.07, 6.45) is 0.279. The normalized spacial score (nSPS) is 10.4. The highest BCUT2D eigenvalue weighted by atomic mass is 16.2. The monoisotopic (exact) mass is 311 g/mol. The van der Waals surface area contributed by atoms with Gasteiger partial charge in [0.05, 0.1) is 0 Å². The Kier molecular flexibility index (Phi) is 5.21. The Labute approximate surface area is 136 Å². The molecule has 0 bridgehead atoms. The van der Waals surface area contributed by atoms with Gasteiger partial charge in [0.1, 0.15) is 0 Å². The standard InChI is InChI=1S/C18H21N3O2/c1-11-5-6-15(9-12(11)2)16(22)7-8-17(23)21-18-19-13(3)10-14(4)20-18/h5-6,9-10H,7-8H2,1-4H3,(H,19,20,21,23). The Morgan fingerprint density at radius 3 is 2.17 bits per heavy atom. The van der Waals surface area contributed by atoms with Crippen LogP contribution < -0.4 is 5.32 Å². The molecule has 0 aliphatic heterocycles. The number of nitrogens with zero attached hydrogens (tertiary/aromatic N) is 2. The van der Waals surface area contributed by atoms with Gasteiger partial charge >= 0.3 is 0 Å². The van der Waals surface area contributed by atoms with Crippen LogP contribution in [0.4, 0.5) is 5.95 Å². The van der Waals surface area contributed by atoms with Crippen molar-refractivity contribution in [3.63, 3.8) is 0 Å². The number of aromatic nitrogens is 2. The van der Waals surface area contributed by atoms with E-state index in [0.717, 1.165) is 22.5 Å². The Morgan fingerprint density at radius 1 is 0.913 bits per heavy atom. The fraction of sp³-hybridized carbons (Fsp3) is 0.333. The van der Waals surface area contributed by atoms with E-state index in [9.17, 15) is 9.59 Å².